The minimum absolute atomic E-state index is 0.00130. The molecule has 0 unspecified atom stereocenters. The van der Waals surface area contributed by atoms with E-state index in [4.69, 9.17) is 0 Å². The summed E-state index contributed by atoms with van der Waals surface area (Å²) in [6, 6.07) is 1.07. The minimum Gasteiger partial charge on any atom is -0.309 e. The molecule has 0 aliphatic carbocycles. The Balaban J connectivity index is 2.17. The Labute approximate surface area is 78.7 Å². The van der Waals surface area contributed by atoms with Gasteiger partial charge in [0.1, 0.15) is 0 Å². The van der Waals surface area contributed by atoms with Crippen molar-refractivity contribution in [3.63, 3.8) is 0 Å². The van der Waals surface area contributed by atoms with Gasteiger partial charge >= 0.3 is 6.18 Å². The van der Waals surface area contributed by atoms with Crippen molar-refractivity contribution >= 4 is 0 Å². The normalized spacial score (nSPS) is 22.9. The first kappa shape index (κ1) is 9.51. The van der Waals surface area contributed by atoms with Crippen LogP contribution in [0.5, 0.6) is 0 Å². The molecule has 1 aromatic rings. The van der Waals surface area contributed by atoms with Crippen LogP contribution in [0.3, 0.4) is 0 Å². The fourth-order valence-electron chi connectivity index (χ4n) is 1.61. The molecule has 1 aromatic heterocycles. The molecule has 0 amide bonds. The van der Waals surface area contributed by atoms with Crippen molar-refractivity contribution in [1.82, 2.24) is 15.5 Å². The number of nitrogens with zero attached hydrogens (tertiary/aromatic N) is 1. The number of aromatic nitrogens is 2. The second-order valence-electron chi connectivity index (χ2n) is 3.36. The fraction of sp³-hybridized carbons (Fsp3) is 0.625. The summed E-state index contributed by atoms with van der Waals surface area (Å²) in [5.41, 5.74) is -0.323. The highest BCUT2D eigenvalue weighted by Gasteiger charge is 2.34. The Kier molecular flexibility index (Phi) is 2.22. The number of H-pyrrole nitrogens is 1. The minimum atomic E-state index is -4.35. The molecular weight excluding hydrogens is 195 g/mol. The quantitative estimate of drug-likeness (QED) is 0.734. The number of nitrogens with one attached hydrogen (secondary N) is 2. The van der Waals surface area contributed by atoms with Crippen molar-refractivity contribution in [1.29, 1.82) is 0 Å². The zero-order valence-corrected chi connectivity index (χ0v) is 7.36. The van der Waals surface area contributed by atoms with Gasteiger partial charge in [-0.25, -0.2) is 0 Å². The van der Waals surface area contributed by atoms with Crippen LogP contribution in [0.1, 0.15) is 30.3 Å². The molecule has 0 aromatic carbocycles. The maximum absolute atomic E-state index is 12.2. The molecule has 14 heavy (non-hydrogen) atoms. The summed E-state index contributed by atoms with van der Waals surface area (Å²) >= 11 is 0. The zero-order chi connectivity index (χ0) is 10.2. The predicted octanol–water partition coefficient (Wildman–Crippen LogP) is 1.85. The second kappa shape index (κ2) is 3.27. The molecule has 1 fully saturated rings. The van der Waals surface area contributed by atoms with Crippen molar-refractivity contribution in [3.05, 3.63) is 17.5 Å². The highest BCUT2D eigenvalue weighted by atomic mass is 19.4. The molecule has 2 heterocycles. The second-order valence-corrected chi connectivity index (χ2v) is 3.36. The molecule has 2 rings (SSSR count). The van der Waals surface area contributed by atoms with Crippen LogP contribution in [-0.4, -0.2) is 16.7 Å². The Bertz CT molecular complexity index is 312. The number of aromatic amines is 1. The SMILES string of the molecule is FC(F)(F)c1cc([C@H]2CCCN2)[nH]n1. The monoisotopic (exact) mass is 205 g/mol. The largest absolute Gasteiger partial charge is 0.435 e. The summed E-state index contributed by atoms with van der Waals surface area (Å²) in [7, 11) is 0. The number of hydrogen-bond donors (Lipinski definition) is 2. The van der Waals surface area contributed by atoms with Crippen LogP contribution in [0.4, 0.5) is 13.2 Å². The molecule has 0 spiro atoms. The average Bonchev–Trinajstić information content (AvgIpc) is 2.73. The summed E-state index contributed by atoms with van der Waals surface area (Å²) in [6.45, 7) is 0.852. The van der Waals surface area contributed by atoms with E-state index in [1.807, 2.05) is 0 Å². The van der Waals surface area contributed by atoms with Crippen LogP contribution < -0.4 is 5.32 Å². The lowest BCUT2D eigenvalue weighted by Crippen LogP contribution is -2.13. The summed E-state index contributed by atoms with van der Waals surface area (Å²) in [4.78, 5) is 0. The predicted molar refractivity (Wildman–Crippen MR) is 43.6 cm³/mol. The highest BCUT2D eigenvalue weighted by molar-refractivity contribution is 5.15. The molecular formula is C8H10F3N3. The molecule has 1 atom stereocenters. The molecule has 0 bridgehead atoms. The van der Waals surface area contributed by atoms with Gasteiger partial charge in [-0.1, -0.05) is 0 Å². The number of hydrogen-bond acceptors (Lipinski definition) is 2. The maximum Gasteiger partial charge on any atom is 0.435 e. The average molecular weight is 205 g/mol. The third kappa shape index (κ3) is 1.75. The van der Waals surface area contributed by atoms with Crippen molar-refractivity contribution in [2.45, 2.75) is 25.1 Å². The van der Waals surface area contributed by atoms with Crippen molar-refractivity contribution in [2.75, 3.05) is 6.54 Å². The third-order valence-corrected chi connectivity index (χ3v) is 2.32. The van der Waals surface area contributed by atoms with Crippen LogP contribution in [-0.2, 0) is 6.18 Å². The molecule has 1 aliphatic rings. The Morgan fingerprint density at radius 1 is 1.43 bits per heavy atom. The molecule has 1 aliphatic heterocycles. The summed E-state index contributed by atoms with van der Waals surface area (Å²) in [5, 5.41) is 8.76. The fourth-order valence-corrected chi connectivity index (χ4v) is 1.61. The van der Waals surface area contributed by atoms with E-state index in [-0.39, 0.29) is 6.04 Å². The molecule has 6 heteroatoms. The van der Waals surface area contributed by atoms with E-state index in [1.54, 1.807) is 0 Å². The number of alkyl halides is 3. The zero-order valence-electron chi connectivity index (χ0n) is 7.36. The van der Waals surface area contributed by atoms with Crippen molar-refractivity contribution in [3.8, 4) is 0 Å². The molecule has 1 saturated heterocycles. The van der Waals surface area contributed by atoms with Gasteiger partial charge in [-0.05, 0) is 25.5 Å². The van der Waals surface area contributed by atoms with E-state index in [1.165, 1.54) is 0 Å². The molecule has 0 saturated carbocycles. The van der Waals surface area contributed by atoms with Gasteiger partial charge in [0.15, 0.2) is 5.69 Å². The standard InChI is InChI=1S/C8H10F3N3/c9-8(10,11)7-4-6(13-14-7)5-2-1-3-12-5/h4-5,12H,1-3H2,(H,13,14)/t5-/m1/s1. The lowest BCUT2D eigenvalue weighted by Gasteiger charge is -2.05. The van der Waals surface area contributed by atoms with E-state index in [2.05, 4.69) is 15.5 Å². The van der Waals surface area contributed by atoms with Crippen molar-refractivity contribution in [2.24, 2.45) is 0 Å². The lowest BCUT2D eigenvalue weighted by atomic mass is 10.1. The molecule has 0 radical (unpaired) electrons. The Hall–Kier alpha value is -1.04. The van der Waals surface area contributed by atoms with Gasteiger partial charge in [-0.15, -0.1) is 0 Å². The first-order valence-electron chi connectivity index (χ1n) is 4.43. The Morgan fingerprint density at radius 2 is 2.21 bits per heavy atom. The van der Waals surface area contributed by atoms with Gasteiger partial charge in [-0.2, -0.15) is 18.3 Å². The van der Waals surface area contributed by atoms with Gasteiger partial charge in [-0.3, -0.25) is 5.10 Å². The third-order valence-electron chi connectivity index (χ3n) is 2.32. The van der Waals surface area contributed by atoms with Gasteiger partial charge in [0.05, 0.1) is 5.69 Å². The van der Waals surface area contributed by atoms with Gasteiger partial charge in [0.2, 0.25) is 0 Å². The van der Waals surface area contributed by atoms with E-state index < -0.39 is 11.9 Å². The van der Waals surface area contributed by atoms with Crippen LogP contribution in [0.15, 0.2) is 6.07 Å². The van der Waals surface area contributed by atoms with E-state index in [0.717, 1.165) is 25.5 Å². The summed E-state index contributed by atoms with van der Waals surface area (Å²) in [6.07, 6.45) is -2.50. The topological polar surface area (TPSA) is 40.7 Å². The van der Waals surface area contributed by atoms with E-state index in [0.29, 0.717) is 5.69 Å². The molecule has 2 N–H and O–H groups in total. The van der Waals surface area contributed by atoms with E-state index >= 15 is 0 Å². The number of halogens is 3. The molecule has 78 valence electrons. The Morgan fingerprint density at radius 3 is 2.71 bits per heavy atom. The molecule has 3 nitrogen and oxygen atoms in total. The number of rotatable bonds is 1. The van der Waals surface area contributed by atoms with E-state index in [9.17, 15) is 13.2 Å². The lowest BCUT2D eigenvalue weighted by molar-refractivity contribution is -0.141. The van der Waals surface area contributed by atoms with Crippen LogP contribution in [0, 0.1) is 0 Å². The van der Waals surface area contributed by atoms with Gasteiger partial charge in [0.25, 0.3) is 0 Å². The summed E-state index contributed by atoms with van der Waals surface area (Å²) < 4.78 is 36.6. The van der Waals surface area contributed by atoms with Crippen LogP contribution in [0.2, 0.25) is 0 Å². The van der Waals surface area contributed by atoms with Crippen molar-refractivity contribution < 1.29 is 13.2 Å². The highest BCUT2D eigenvalue weighted by Crippen LogP contribution is 2.30. The first-order chi connectivity index (χ1) is 6.57. The van der Waals surface area contributed by atoms with Gasteiger partial charge < -0.3 is 5.32 Å². The summed E-state index contributed by atoms with van der Waals surface area (Å²) in [5.74, 6) is 0. The van der Waals surface area contributed by atoms with Gasteiger partial charge in [0, 0.05) is 6.04 Å². The first-order valence-corrected chi connectivity index (χ1v) is 4.43. The maximum atomic E-state index is 12.2. The van der Waals surface area contributed by atoms with Crippen LogP contribution >= 0.6 is 0 Å². The smallest absolute Gasteiger partial charge is 0.309 e. The van der Waals surface area contributed by atoms with Crippen LogP contribution in [0.25, 0.3) is 0 Å².